The number of methoxy groups -OCH3 is 1. The SMILES string of the molecule is COc1cc(/N=C2\NC(=O)c3c(Cl)c(Cl)c(Cl)c(Cl)c32)ccc1N. The van der Waals surface area contributed by atoms with Gasteiger partial charge in [-0.2, -0.15) is 0 Å². The van der Waals surface area contributed by atoms with E-state index in [1.165, 1.54) is 7.11 Å². The average Bonchev–Trinajstić information content (AvgIpc) is 2.88. The molecule has 0 unspecified atom stereocenters. The molecule has 0 saturated carbocycles. The maximum Gasteiger partial charge on any atom is 0.259 e. The minimum absolute atomic E-state index is 0.0210. The van der Waals surface area contributed by atoms with Crippen LogP contribution in [0.15, 0.2) is 23.2 Å². The Balaban J connectivity index is 2.20. The molecular formula is C15H9Cl4N3O2. The molecule has 24 heavy (non-hydrogen) atoms. The maximum atomic E-state index is 12.2. The molecule has 124 valence electrons. The highest BCUT2D eigenvalue weighted by Gasteiger charge is 2.34. The van der Waals surface area contributed by atoms with E-state index in [0.29, 0.717) is 22.7 Å². The summed E-state index contributed by atoms with van der Waals surface area (Å²) >= 11 is 24.4. The Morgan fingerprint density at radius 1 is 1.04 bits per heavy atom. The zero-order chi connectivity index (χ0) is 17.6. The summed E-state index contributed by atoms with van der Waals surface area (Å²) in [5, 5.41) is 2.81. The smallest absolute Gasteiger partial charge is 0.259 e. The second kappa shape index (κ2) is 6.33. The van der Waals surface area contributed by atoms with E-state index in [4.69, 9.17) is 56.9 Å². The van der Waals surface area contributed by atoms with E-state index in [0.717, 1.165) is 0 Å². The van der Waals surface area contributed by atoms with Crippen LogP contribution in [0, 0.1) is 0 Å². The third-order valence-electron chi connectivity index (χ3n) is 3.42. The fraction of sp³-hybridized carbons (Fsp3) is 0.0667. The van der Waals surface area contributed by atoms with Gasteiger partial charge in [0.25, 0.3) is 5.91 Å². The molecule has 9 heteroatoms. The Bertz CT molecular complexity index is 912. The number of rotatable bonds is 2. The van der Waals surface area contributed by atoms with Crippen molar-refractivity contribution in [3.8, 4) is 5.75 Å². The molecule has 0 saturated heterocycles. The van der Waals surface area contributed by atoms with Crippen LogP contribution < -0.4 is 15.8 Å². The van der Waals surface area contributed by atoms with Crippen LogP contribution in [0.1, 0.15) is 15.9 Å². The lowest BCUT2D eigenvalue weighted by Crippen LogP contribution is -2.21. The summed E-state index contributed by atoms with van der Waals surface area (Å²) in [7, 11) is 1.49. The molecule has 0 spiro atoms. The molecule has 1 amide bonds. The lowest BCUT2D eigenvalue weighted by molar-refractivity contribution is 0.0983. The number of hydrogen-bond acceptors (Lipinski definition) is 4. The normalized spacial score (nSPS) is 14.7. The van der Waals surface area contributed by atoms with E-state index in [2.05, 4.69) is 10.3 Å². The van der Waals surface area contributed by atoms with Gasteiger partial charge in [0.2, 0.25) is 0 Å². The van der Waals surface area contributed by atoms with Gasteiger partial charge in [-0.25, -0.2) is 4.99 Å². The highest BCUT2D eigenvalue weighted by molar-refractivity contribution is 6.55. The third kappa shape index (κ3) is 2.67. The predicted molar refractivity (Wildman–Crippen MR) is 97.6 cm³/mol. The number of anilines is 1. The molecule has 0 aliphatic carbocycles. The second-order valence-corrected chi connectivity index (χ2v) is 6.36. The molecule has 0 bridgehead atoms. The molecule has 0 atom stereocenters. The van der Waals surface area contributed by atoms with E-state index in [9.17, 15) is 4.79 Å². The van der Waals surface area contributed by atoms with Gasteiger partial charge in [-0.05, 0) is 12.1 Å². The molecule has 2 aromatic rings. The molecular weight excluding hydrogens is 396 g/mol. The number of nitrogens with one attached hydrogen (secondary N) is 1. The van der Waals surface area contributed by atoms with E-state index in [-0.39, 0.29) is 31.5 Å². The first-order valence-electron chi connectivity index (χ1n) is 6.55. The quantitative estimate of drug-likeness (QED) is 0.432. The topological polar surface area (TPSA) is 76.7 Å². The summed E-state index contributed by atoms with van der Waals surface area (Å²) in [6, 6.07) is 4.93. The van der Waals surface area contributed by atoms with Crippen molar-refractivity contribution >= 4 is 69.5 Å². The molecule has 5 nitrogen and oxygen atoms in total. The Morgan fingerprint density at radius 3 is 2.29 bits per heavy atom. The van der Waals surface area contributed by atoms with Crippen LogP contribution in [-0.2, 0) is 0 Å². The number of ether oxygens (including phenoxy) is 1. The number of carbonyl (C=O) groups excluding carboxylic acids is 1. The van der Waals surface area contributed by atoms with Gasteiger partial charge in [-0.1, -0.05) is 46.4 Å². The van der Waals surface area contributed by atoms with Crippen LogP contribution in [0.3, 0.4) is 0 Å². The number of nitrogen functional groups attached to an aromatic ring is 1. The summed E-state index contributed by atoms with van der Waals surface area (Å²) in [6.07, 6.45) is 0. The second-order valence-electron chi connectivity index (χ2n) is 4.85. The van der Waals surface area contributed by atoms with Crippen LogP contribution in [-0.4, -0.2) is 18.9 Å². The van der Waals surface area contributed by atoms with Gasteiger partial charge in [0, 0.05) is 6.07 Å². The number of halogens is 4. The van der Waals surface area contributed by atoms with Gasteiger partial charge < -0.3 is 15.8 Å². The van der Waals surface area contributed by atoms with Gasteiger partial charge >= 0.3 is 0 Å². The van der Waals surface area contributed by atoms with Gasteiger partial charge in [0.15, 0.2) is 0 Å². The molecule has 1 aliphatic heterocycles. The number of amidine groups is 1. The number of hydrogen-bond donors (Lipinski definition) is 2. The number of nitrogens with two attached hydrogens (primary N) is 1. The van der Waals surface area contributed by atoms with E-state index < -0.39 is 5.91 Å². The largest absolute Gasteiger partial charge is 0.495 e. The molecule has 0 radical (unpaired) electrons. The lowest BCUT2D eigenvalue weighted by Gasteiger charge is -2.08. The number of carbonyl (C=O) groups is 1. The maximum absolute atomic E-state index is 12.2. The van der Waals surface area contributed by atoms with Crippen LogP contribution in [0.4, 0.5) is 11.4 Å². The molecule has 2 aromatic carbocycles. The van der Waals surface area contributed by atoms with E-state index in [1.54, 1.807) is 18.2 Å². The van der Waals surface area contributed by atoms with Crippen molar-refractivity contribution in [1.29, 1.82) is 0 Å². The third-order valence-corrected chi connectivity index (χ3v) is 5.22. The molecule has 1 heterocycles. The Kier molecular flexibility index (Phi) is 4.53. The van der Waals surface area contributed by atoms with Crippen molar-refractivity contribution in [2.24, 2.45) is 4.99 Å². The number of aliphatic imine (C=N–C) groups is 1. The minimum Gasteiger partial charge on any atom is -0.495 e. The molecule has 3 rings (SSSR count). The minimum atomic E-state index is -0.461. The summed E-state index contributed by atoms with van der Waals surface area (Å²) in [5.74, 6) is 0.212. The molecule has 0 aromatic heterocycles. The van der Waals surface area contributed by atoms with Gasteiger partial charge in [0.05, 0.1) is 49.7 Å². The summed E-state index contributed by atoms with van der Waals surface area (Å²) in [5.41, 5.74) is 7.18. The van der Waals surface area contributed by atoms with E-state index >= 15 is 0 Å². The fourth-order valence-electron chi connectivity index (χ4n) is 2.28. The van der Waals surface area contributed by atoms with Crippen molar-refractivity contribution in [2.45, 2.75) is 0 Å². The van der Waals surface area contributed by atoms with Gasteiger partial charge in [-0.15, -0.1) is 0 Å². The standard InChI is InChI=1S/C15H9Cl4N3O2/c1-24-7-4-5(2-3-6(7)20)21-14-8-9(15(23)22-14)11(17)13(19)12(18)10(8)16/h2-4H,20H2,1H3,(H,21,22,23). The first-order valence-corrected chi connectivity index (χ1v) is 8.06. The Hall–Kier alpha value is -1.66. The van der Waals surface area contributed by atoms with Crippen molar-refractivity contribution in [2.75, 3.05) is 12.8 Å². The predicted octanol–water partition coefficient (Wildman–Crippen LogP) is 4.71. The van der Waals surface area contributed by atoms with Crippen LogP contribution in [0.2, 0.25) is 20.1 Å². The summed E-state index contributed by atoms with van der Waals surface area (Å²) in [6.45, 7) is 0. The lowest BCUT2D eigenvalue weighted by atomic mass is 10.1. The van der Waals surface area contributed by atoms with E-state index in [1.807, 2.05) is 0 Å². The highest BCUT2D eigenvalue weighted by Crippen LogP contribution is 2.43. The van der Waals surface area contributed by atoms with Gasteiger partial charge in [-0.3, -0.25) is 4.79 Å². The molecule has 0 fully saturated rings. The van der Waals surface area contributed by atoms with Crippen LogP contribution in [0.5, 0.6) is 5.75 Å². The average molecular weight is 405 g/mol. The number of nitrogens with zero attached hydrogens (tertiary/aromatic N) is 1. The van der Waals surface area contributed by atoms with Crippen molar-refractivity contribution in [3.05, 3.63) is 49.4 Å². The summed E-state index contributed by atoms with van der Waals surface area (Å²) in [4.78, 5) is 16.6. The summed E-state index contributed by atoms with van der Waals surface area (Å²) < 4.78 is 5.15. The molecule has 1 aliphatic rings. The first-order chi connectivity index (χ1) is 11.3. The van der Waals surface area contributed by atoms with Crippen LogP contribution in [0.25, 0.3) is 0 Å². The monoisotopic (exact) mass is 403 g/mol. The van der Waals surface area contributed by atoms with Crippen molar-refractivity contribution < 1.29 is 9.53 Å². The number of fused-ring (bicyclic) bond motifs is 1. The van der Waals surface area contributed by atoms with Crippen molar-refractivity contribution in [1.82, 2.24) is 5.32 Å². The van der Waals surface area contributed by atoms with Crippen LogP contribution >= 0.6 is 46.4 Å². The highest BCUT2D eigenvalue weighted by atomic mass is 35.5. The number of amides is 1. The van der Waals surface area contributed by atoms with Crippen molar-refractivity contribution in [3.63, 3.8) is 0 Å². The Morgan fingerprint density at radius 2 is 1.67 bits per heavy atom. The van der Waals surface area contributed by atoms with Gasteiger partial charge in [0.1, 0.15) is 11.6 Å². The first kappa shape index (κ1) is 17.2. The molecule has 3 N–H and O–H groups in total. The zero-order valence-corrected chi connectivity index (χ0v) is 15.1. The zero-order valence-electron chi connectivity index (χ0n) is 12.1. The number of benzene rings is 2. The fourth-order valence-corrected chi connectivity index (χ4v) is 3.31. The Labute approximate surface area is 157 Å².